The summed E-state index contributed by atoms with van der Waals surface area (Å²) in [5, 5.41) is 4.31. The number of nitrogens with zero attached hydrogens (tertiary/aromatic N) is 4. The van der Waals surface area contributed by atoms with Gasteiger partial charge in [0.1, 0.15) is 34.6 Å². The van der Waals surface area contributed by atoms with E-state index < -0.39 is 0 Å². The second-order valence-corrected chi connectivity index (χ2v) is 8.72. The molecular weight excluding hydrogens is 652 g/mol. The molecule has 164 valence electrons. The number of carbonyl (C=O) groups excluding carboxylic acids is 1. The Hall–Kier alpha value is -1.71. The summed E-state index contributed by atoms with van der Waals surface area (Å²) in [7, 11) is 1.65. The van der Waals surface area contributed by atoms with Gasteiger partial charge in [-0.05, 0) is 31.2 Å². The molecular formula is C19H18ClI2N5O4. The van der Waals surface area contributed by atoms with Gasteiger partial charge in [0, 0.05) is 18.1 Å². The molecule has 2 aromatic heterocycles. The minimum absolute atomic E-state index is 0.114. The van der Waals surface area contributed by atoms with E-state index in [2.05, 4.69) is 38.1 Å². The Kier molecular flexibility index (Phi) is 8.30. The van der Waals surface area contributed by atoms with Gasteiger partial charge in [-0.25, -0.2) is 4.98 Å². The van der Waals surface area contributed by atoms with Crippen LogP contribution in [0.4, 0.5) is 17.5 Å². The Balaban J connectivity index is 1.92. The van der Waals surface area contributed by atoms with E-state index in [1.54, 1.807) is 13.1 Å². The first-order valence-corrected chi connectivity index (χ1v) is 11.2. The average Bonchev–Trinajstić information content (AvgIpc) is 2.74. The Bertz CT molecular complexity index is 1170. The van der Waals surface area contributed by atoms with Crippen LogP contribution >= 0.6 is 57.5 Å². The molecule has 0 bridgehead atoms. The fourth-order valence-corrected chi connectivity index (χ4v) is 3.49. The van der Waals surface area contributed by atoms with Gasteiger partial charge in [-0.15, -0.1) is 0 Å². The fraction of sp³-hybridized carbons (Fsp3) is 0.263. The zero-order chi connectivity index (χ0) is 22.5. The molecule has 0 fully saturated rings. The number of hydrogen-bond donors (Lipinski definition) is 1. The van der Waals surface area contributed by atoms with Crippen LogP contribution in [0.25, 0.3) is 10.9 Å². The Labute approximate surface area is 211 Å². The van der Waals surface area contributed by atoms with Gasteiger partial charge in [0.05, 0.1) is 47.7 Å². The number of rotatable bonds is 9. The van der Waals surface area contributed by atoms with Crippen molar-refractivity contribution in [3.05, 3.63) is 45.8 Å². The topological polar surface area (TPSA) is 98.6 Å². The number of fused-ring (bicyclic) bond motifs is 1. The summed E-state index contributed by atoms with van der Waals surface area (Å²) in [6, 6.07) is 7.10. The molecule has 0 atom stereocenters. The van der Waals surface area contributed by atoms with Crippen LogP contribution < -0.4 is 18.7 Å². The summed E-state index contributed by atoms with van der Waals surface area (Å²) >= 11 is 10.2. The van der Waals surface area contributed by atoms with E-state index >= 15 is 0 Å². The third-order valence-electron chi connectivity index (χ3n) is 4.20. The first-order valence-electron chi connectivity index (χ1n) is 9.02. The van der Waals surface area contributed by atoms with Crippen molar-refractivity contribution in [2.45, 2.75) is 6.92 Å². The number of nitrogens with one attached hydrogen (secondary N) is 1. The van der Waals surface area contributed by atoms with Crippen LogP contribution in [0.1, 0.15) is 6.92 Å². The number of hydrogen-bond acceptors (Lipinski definition) is 8. The Morgan fingerprint density at radius 3 is 2.84 bits per heavy atom. The van der Waals surface area contributed by atoms with Crippen LogP contribution in [0.3, 0.4) is 0 Å². The normalized spacial score (nSPS) is 10.9. The lowest BCUT2D eigenvalue weighted by Crippen LogP contribution is -2.21. The third-order valence-corrected chi connectivity index (χ3v) is 5.83. The van der Waals surface area contributed by atoms with E-state index in [1.165, 1.54) is 17.7 Å². The van der Waals surface area contributed by atoms with Gasteiger partial charge in [0.15, 0.2) is 17.4 Å². The zero-order valence-corrected chi connectivity index (χ0v) is 21.6. The second-order valence-electron chi connectivity index (χ2n) is 6.53. The maximum Gasteiger partial charge on any atom is 0.293 e. The zero-order valence-electron chi connectivity index (χ0n) is 16.6. The van der Waals surface area contributed by atoms with Crippen LogP contribution in [0.15, 0.2) is 35.3 Å². The summed E-state index contributed by atoms with van der Waals surface area (Å²) in [5.74, 6) is 0.883. The highest BCUT2D eigenvalue weighted by Gasteiger charge is 2.13. The lowest BCUT2D eigenvalue weighted by Gasteiger charge is -2.16. The number of anilines is 3. The number of halogens is 3. The third kappa shape index (κ3) is 5.96. The standard InChI is InChI=1S/C19H18ClI2N5O4/c1-11(28)10-30-16-8-12-7-13(3-4-15(12)26(2)18(16)29)24-17-14(20)9-23-19(25-17)27(21)5-6-31-22/h3-4,7-9H,5-6,10H2,1-2H3,(H,23,24,25). The summed E-state index contributed by atoms with van der Waals surface area (Å²) in [5.41, 5.74) is 1.12. The Morgan fingerprint density at radius 2 is 2.13 bits per heavy atom. The second kappa shape index (κ2) is 10.7. The minimum atomic E-state index is -0.310. The first kappa shape index (κ1) is 23.9. The van der Waals surface area contributed by atoms with Gasteiger partial charge in [0.2, 0.25) is 5.95 Å². The molecule has 2 heterocycles. The number of Topliss-reactive ketones (excluding diaryl/α,β-unsaturated/α-hetero) is 1. The molecule has 0 aliphatic carbocycles. The van der Waals surface area contributed by atoms with Gasteiger partial charge >= 0.3 is 0 Å². The molecule has 0 radical (unpaired) electrons. The van der Waals surface area contributed by atoms with E-state index in [-0.39, 0.29) is 23.7 Å². The molecule has 1 aromatic carbocycles. The van der Waals surface area contributed by atoms with E-state index in [0.29, 0.717) is 35.6 Å². The van der Waals surface area contributed by atoms with Crippen molar-refractivity contribution in [3.8, 4) is 5.75 Å². The van der Waals surface area contributed by atoms with Gasteiger partial charge in [-0.3, -0.25) is 12.7 Å². The molecule has 0 aliphatic heterocycles. The van der Waals surface area contributed by atoms with Crippen LogP contribution in [-0.2, 0) is 14.9 Å². The lowest BCUT2D eigenvalue weighted by atomic mass is 10.2. The van der Waals surface area contributed by atoms with Gasteiger partial charge in [0.25, 0.3) is 5.56 Å². The van der Waals surface area contributed by atoms with Crippen LogP contribution in [0, 0.1) is 0 Å². The van der Waals surface area contributed by atoms with Crippen molar-refractivity contribution >= 4 is 91.6 Å². The molecule has 0 aliphatic rings. The predicted octanol–water partition coefficient (Wildman–Crippen LogP) is 4.22. The van der Waals surface area contributed by atoms with Gasteiger partial charge in [-0.2, -0.15) is 4.98 Å². The molecule has 1 N–H and O–H groups in total. The quantitative estimate of drug-likeness (QED) is 0.268. The number of carbonyl (C=O) groups is 1. The number of pyridine rings is 1. The smallest absolute Gasteiger partial charge is 0.293 e. The number of ether oxygens (including phenoxy) is 1. The summed E-state index contributed by atoms with van der Waals surface area (Å²) < 4.78 is 13.7. The monoisotopic (exact) mass is 669 g/mol. The molecule has 9 nitrogen and oxygen atoms in total. The number of benzene rings is 1. The maximum absolute atomic E-state index is 12.5. The van der Waals surface area contributed by atoms with Crippen LogP contribution in [-0.4, -0.2) is 40.1 Å². The SMILES string of the molecule is CC(=O)COc1cc2cc(Nc3nc(N(I)CCOI)ncc3Cl)ccc2n(C)c1=O. The number of aryl methyl sites for hydroxylation is 1. The van der Waals surface area contributed by atoms with E-state index in [1.807, 2.05) is 44.3 Å². The van der Waals surface area contributed by atoms with Crippen molar-refractivity contribution < 1.29 is 12.6 Å². The molecule has 0 amide bonds. The average molecular weight is 670 g/mol. The highest BCUT2D eigenvalue weighted by molar-refractivity contribution is 14.1. The highest BCUT2D eigenvalue weighted by atomic mass is 127. The largest absolute Gasteiger partial charge is 0.480 e. The summed E-state index contributed by atoms with van der Waals surface area (Å²) in [4.78, 5) is 32.4. The predicted molar refractivity (Wildman–Crippen MR) is 137 cm³/mol. The van der Waals surface area contributed by atoms with Crippen molar-refractivity contribution in [3.63, 3.8) is 0 Å². The van der Waals surface area contributed by atoms with E-state index in [9.17, 15) is 9.59 Å². The minimum Gasteiger partial charge on any atom is -0.480 e. The van der Waals surface area contributed by atoms with Crippen LogP contribution in [0.2, 0.25) is 5.02 Å². The molecule has 3 aromatic rings. The van der Waals surface area contributed by atoms with Crippen molar-refractivity contribution in [2.75, 3.05) is 28.2 Å². The molecule has 31 heavy (non-hydrogen) atoms. The maximum atomic E-state index is 12.5. The van der Waals surface area contributed by atoms with Crippen molar-refractivity contribution in [1.82, 2.24) is 14.5 Å². The molecule has 0 saturated heterocycles. The van der Waals surface area contributed by atoms with Crippen molar-refractivity contribution in [1.29, 1.82) is 0 Å². The Morgan fingerprint density at radius 1 is 1.35 bits per heavy atom. The van der Waals surface area contributed by atoms with Gasteiger partial charge in [-0.1, -0.05) is 11.6 Å². The molecule has 0 unspecified atom stereocenters. The highest BCUT2D eigenvalue weighted by Crippen LogP contribution is 2.28. The van der Waals surface area contributed by atoms with Crippen LogP contribution in [0.5, 0.6) is 5.75 Å². The molecule has 0 spiro atoms. The molecule has 12 heteroatoms. The van der Waals surface area contributed by atoms with E-state index in [0.717, 1.165) is 10.9 Å². The molecule has 3 rings (SSSR count). The van der Waals surface area contributed by atoms with E-state index in [4.69, 9.17) is 19.4 Å². The fourth-order valence-electron chi connectivity index (χ4n) is 2.73. The van der Waals surface area contributed by atoms with Gasteiger partial charge < -0.3 is 17.7 Å². The first-order chi connectivity index (χ1) is 14.8. The van der Waals surface area contributed by atoms with Crippen molar-refractivity contribution in [2.24, 2.45) is 7.05 Å². The number of aromatic nitrogens is 3. The summed E-state index contributed by atoms with van der Waals surface area (Å²) in [6.07, 6.45) is 1.53. The summed E-state index contributed by atoms with van der Waals surface area (Å²) in [6.45, 7) is 2.37. The molecule has 0 saturated carbocycles. The lowest BCUT2D eigenvalue weighted by molar-refractivity contribution is -0.118. The number of ketones is 1.